The first-order valence-corrected chi connectivity index (χ1v) is 4.14. The summed E-state index contributed by atoms with van der Waals surface area (Å²) >= 11 is 5.31. The van der Waals surface area contributed by atoms with E-state index in [1.807, 2.05) is 0 Å². The fraction of sp³-hybridized carbons (Fsp3) is 0.250. The highest BCUT2D eigenvalue weighted by Gasteiger charge is 2.21. The molecule has 0 spiro atoms. The van der Waals surface area contributed by atoms with E-state index in [0.29, 0.717) is 5.23 Å². The number of nitrogens with one attached hydrogen (secondary N) is 1. The van der Waals surface area contributed by atoms with Crippen LogP contribution >= 0.6 is 24.0 Å². The number of hydrogen-bond acceptors (Lipinski definition) is 6. The molecule has 1 N–H and O–H groups in total. The number of hydrogen-bond donors (Lipinski definition) is 2. The number of rotatable bonds is 1. The predicted molar refractivity (Wildman–Crippen MR) is 43.3 cm³/mol. The van der Waals surface area contributed by atoms with E-state index in [-0.39, 0.29) is 6.23 Å². The van der Waals surface area contributed by atoms with Gasteiger partial charge in [-0.2, -0.15) is 0 Å². The average molecular weight is 188 g/mol. The van der Waals surface area contributed by atoms with Crippen molar-refractivity contribution in [2.24, 2.45) is 5.10 Å². The standard InChI is InChI=1S/C4H4N4OS2/c10-4-8-6-2(9-4)3-7-5-1-11-3/h1-2,6H,(H,8,10). The van der Waals surface area contributed by atoms with Crippen LogP contribution in [-0.2, 0) is 4.74 Å². The molecule has 11 heavy (non-hydrogen) atoms. The molecule has 2 heterocycles. The van der Waals surface area contributed by atoms with Crippen LogP contribution in [0.2, 0.25) is 0 Å². The Hall–Kier alpha value is -0.820. The summed E-state index contributed by atoms with van der Waals surface area (Å²) in [7, 11) is 0. The number of ether oxygens (including phenoxy) is 1. The minimum Gasteiger partial charge on any atom is -0.439 e. The number of hydrazone groups is 1. The largest absolute Gasteiger partial charge is 0.439 e. The van der Waals surface area contributed by atoms with Crippen molar-refractivity contribution in [2.75, 3.05) is 0 Å². The Bertz CT molecular complexity index is 272. The van der Waals surface area contributed by atoms with Crippen LogP contribution in [0.5, 0.6) is 0 Å². The summed E-state index contributed by atoms with van der Waals surface area (Å²) < 4.78 is 5.12. The lowest BCUT2D eigenvalue weighted by molar-refractivity contribution is 0.195. The van der Waals surface area contributed by atoms with Crippen molar-refractivity contribution >= 4 is 29.2 Å². The summed E-state index contributed by atoms with van der Waals surface area (Å²) in [6.07, 6.45) is -0.310. The van der Waals surface area contributed by atoms with Crippen LogP contribution in [0.4, 0.5) is 0 Å². The van der Waals surface area contributed by atoms with Crippen molar-refractivity contribution in [1.29, 1.82) is 0 Å². The monoisotopic (exact) mass is 188 g/mol. The first-order chi connectivity index (χ1) is 5.36. The molecule has 1 aliphatic rings. The molecule has 0 radical (unpaired) electrons. The Morgan fingerprint density at radius 2 is 2.64 bits per heavy atom. The van der Waals surface area contributed by atoms with E-state index < -0.39 is 0 Å². The van der Waals surface area contributed by atoms with Crippen molar-refractivity contribution in [3.63, 3.8) is 0 Å². The zero-order chi connectivity index (χ0) is 7.68. The molecule has 1 aliphatic heterocycles. The quantitative estimate of drug-likeness (QED) is 0.625. The van der Waals surface area contributed by atoms with E-state index in [9.17, 15) is 0 Å². The van der Waals surface area contributed by atoms with Crippen LogP contribution in [0.25, 0.3) is 0 Å². The maximum atomic E-state index is 5.12. The van der Waals surface area contributed by atoms with Gasteiger partial charge >= 0.3 is 0 Å². The van der Waals surface area contributed by atoms with Gasteiger partial charge in [0.1, 0.15) is 5.51 Å². The summed E-state index contributed by atoms with van der Waals surface area (Å²) in [6, 6.07) is 0. The average Bonchev–Trinajstić information content (AvgIpc) is 2.55. The van der Waals surface area contributed by atoms with Gasteiger partial charge in [0.25, 0.3) is 5.23 Å². The Balaban J connectivity index is 2.11. The summed E-state index contributed by atoms with van der Waals surface area (Å²) in [5.41, 5.74) is 4.34. The lowest BCUT2D eigenvalue weighted by Crippen LogP contribution is -2.11. The van der Waals surface area contributed by atoms with Crippen LogP contribution in [0, 0.1) is 0 Å². The molecule has 0 saturated heterocycles. The zero-order valence-corrected chi connectivity index (χ0v) is 6.97. The van der Waals surface area contributed by atoms with E-state index in [1.54, 1.807) is 5.51 Å². The van der Waals surface area contributed by atoms with Gasteiger partial charge in [0.2, 0.25) is 6.23 Å². The van der Waals surface area contributed by atoms with Gasteiger partial charge in [-0.3, -0.25) is 5.43 Å². The van der Waals surface area contributed by atoms with Crippen molar-refractivity contribution in [2.45, 2.75) is 6.23 Å². The van der Waals surface area contributed by atoms with Gasteiger partial charge < -0.3 is 4.74 Å². The van der Waals surface area contributed by atoms with Crippen LogP contribution in [0.1, 0.15) is 11.2 Å². The van der Waals surface area contributed by atoms with E-state index in [2.05, 4.69) is 33.4 Å². The fourth-order valence-corrected chi connectivity index (χ4v) is 1.36. The molecule has 58 valence electrons. The molecule has 0 bridgehead atoms. The number of aromatic nitrogens is 2. The topological polar surface area (TPSA) is 59.4 Å². The molecule has 0 saturated carbocycles. The van der Waals surface area contributed by atoms with Gasteiger partial charge in [-0.05, 0) is 0 Å². The highest BCUT2D eigenvalue weighted by atomic mass is 32.1. The maximum Gasteiger partial charge on any atom is 0.266 e. The van der Waals surface area contributed by atoms with Crippen molar-refractivity contribution in [3.05, 3.63) is 10.5 Å². The summed E-state index contributed by atoms with van der Waals surface area (Å²) in [5, 5.41) is 12.3. The highest BCUT2D eigenvalue weighted by molar-refractivity contribution is 7.96. The fourth-order valence-electron chi connectivity index (χ4n) is 0.673. The highest BCUT2D eigenvalue weighted by Crippen LogP contribution is 2.20. The Kier molecular flexibility index (Phi) is 1.66. The minimum atomic E-state index is -0.310. The molecule has 1 aromatic rings. The van der Waals surface area contributed by atoms with Gasteiger partial charge in [0.15, 0.2) is 5.01 Å². The minimum absolute atomic E-state index is 0.310. The molecule has 0 aromatic carbocycles. The molecule has 0 amide bonds. The molecular formula is C4H4N4OS2. The zero-order valence-electron chi connectivity index (χ0n) is 5.26. The van der Waals surface area contributed by atoms with Crippen molar-refractivity contribution in [1.82, 2.24) is 15.6 Å². The Labute approximate surface area is 71.9 Å². The summed E-state index contributed by atoms with van der Waals surface area (Å²) in [5.74, 6) is 0. The van der Waals surface area contributed by atoms with Gasteiger partial charge in [0, 0.05) is 0 Å². The Morgan fingerprint density at radius 1 is 1.73 bits per heavy atom. The SMILES string of the molecule is SC1=NNC(c2nncs2)O1. The smallest absolute Gasteiger partial charge is 0.266 e. The lowest BCUT2D eigenvalue weighted by Gasteiger charge is -2.03. The van der Waals surface area contributed by atoms with E-state index >= 15 is 0 Å². The lowest BCUT2D eigenvalue weighted by atomic mass is 10.6. The van der Waals surface area contributed by atoms with Gasteiger partial charge in [-0.25, -0.2) is 0 Å². The normalized spacial score (nSPS) is 22.3. The second-order valence-electron chi connectivity index (χ2n) is 1.80. The molecular weight excluding hydrogens is 184 g/mol. The van der Waals surface area contributed by atoms with E-state index in [4.69, 9.17) is 4.74 Å². The maximum absolute atomic E-state index is 5.12. The summed E-state index contributed by atoms with van der Waals surface area (Å²) in [4.78, 5) is 0. The van der Waals surface area contributed by atoms with Crippen LogP contribution < -0.4 is 5.43 Å². The third-order valence-electron chi connectivity index (χ3n) is 1.10. The molecule has 1 aromatic heterocycles. The van der Waals surface area contributed by atoms with E-state index in [1.165, 1.54) is 11.3 Å². The van der Waals surface area contributed by atoms with Crippen LogP contribution in [0.15, 0.2) is 10.6 Å². The molecule has 0 aliphatic carbocycles. The number of thiol groups is 1. The predicted octanol–water partition coefficient (Wildman–Crippen LogP) is 0.357. The molecule has 5 nitrogen and oxygen atoms in total. The molecule has 1 atom stereocenters. The van der Waals surface area contributed by atoms with Crippen molar-refractivity contribution < 1.29 is 4.74 Å². The van der Waals surface area contributed by atoms with E-state index in [0.717, 1.165) is 5.01 Å². The molecule has 1 unspecified atom stereocenters. The van der Waals surface area contributed by atoms with Crippen molar-refractivity contribution in [3.8, 4) is 0 Å². The second kappa shape index (κ2) is 2.67. The number of nitrogens with zero attached hydrogens (tertiary/aromatic N) is 3. The third kappa shape index (κ3) is 1.29. The first kappa shape index (κ1) is 6.86. The van der Waals surface area contributed by atoms with Gasteiger partial charge in [0.05, 0.1) is 0 Å². The van der Waals surface area contributed by atoms with Gasteiger partial charge in [-0.15, -0.1) is 15.3 Å². The summed E-state index contributed by atoms with van der Waals surface area (Å²) in [6.45, 7) is 0. The molecule has 2 rings (SSSR count). The molecule has 7 heteroatoms. The third-order valence-corrected chi connectivity index (χ3v) is 2.04. The van der Waals surface area contributed by atoms with Crippen LogP contribution in [0.3, 0.4) is 0 Å². The van der Waals surface area contributed by atoms with Crippen LogP contribution in [-0.4, -0.2) is 15.4 Å². The molecule has 0 fully saturated rings. The Morgan fingerprint density at radius 3 is 3.18 bits per heavy atom. The van der Waals surface area contributed by atoms with Gasteiger partial charge in [-0.1, -0.05) is 24.0 Å². The second-order valence-corrected chi connectivity index (χ2v) is 3.05. The first-order valence-electron chi connectivity index (χ1n) is 2.81.